The Morgan fingerprint density at radius 1 is 1.14 bits per heavy atom. The molecule has 0 aliphatic heterocycles. The molecular formula is C21H18N4O3S. The first-order chi connectivity index (χ1) is 14.1. The van der Waals surface area contributed by atoms with Crippen LogP contribution < -0.4 is 15.6 Å². The molecule has 4 aromatic rings. The summed E-state index contributed by atoms with van der Waals surface area (Å²) in [7, 11) is 0. The number of nitrogens with zero attached hydrogens (tertiary/aromatic N) is 3. The van der Waals surface area contributed by atoms with Crippen molar-refractivity contribution in [1.29, 1.82) is 0 Å². The van der Waals surface area contributed by atoms with E-state index in [0.29, 0.717) is 18.3 Å². The number of rotatable bonds is 6. The third-order valence-electron chi connectivity index (χ3n) is 4.17. The quantitative estimate of drug-likeness (QED) is 0.529. The van der Waals surface area contributed by atoms with Gasteiger partial charge in [0, 0.05) is 6.07 Å². The first kappa shape index (κ1) is 18.8. The van der Waals surface area contributed by atoms with E-state index in [-0.39, 0.29) is 11.3 Å². The van der Waals surface area contributed by atoms with E-state index in [0.717, 1.165) is 21.5 Å². The summed E-state index contributed by atoms with van der Waals surface area (Å²) in [5, 5.41) is 7.42. The van der Waals surface area contributed by atoms with Crippen molar-refractivity contribution < 1.29 is 9.53 Å². The first-order valence-electron chi connectivity index (χ1n) is 9.09. The highest BCUT2D eigenvalue weighted by molar-refractivity contribution is 7.22. The Morgan fingerprint density at radius 2 is 1.97 bits per heavy atom. The molecule has 29 heavy (non-hydrogen) atoms. The Balaban J connectivity index is 1.54. The third-order valence-corrected chi connectivity index (χ3v) is 5.10. The van der Waals surface area contributed by atoms with Crippen molar-refractivity contribution in [2.45, 2.75) is 13.5 Å². The van der Waals surface area contributed by atoms with Crippen LogP contribution in [0.5, 0.6) is 5.75 Å². The van der Waals surface area contributed by atoms with E-state index in [1.807, 2.05) is 55.5 Å². The fraction of sp³-hybridized carbons (Fsp3) is 0.143. The number of carbonyl (C=O) groups is 1. The van der Waals surface area contributed by atoms with Crippen molar-refractivity contribution in [1.82, 2.24) is 14.8 Å². The Hall–Kier alpha value is -3.52. The minimum atomic E-state index is -0.420. The monoisotopic (exact) mass is 406 g/mol. The molecule has 0 bridgehead atoms. The highest BCUT2D eigenvalue weighted by Gasteiger charge is 2.13. The van der Waals surface area contributed by atoms with Crippen molar-refractivity contribution in [2.75, 3.05) is 11.9 Å². The highest BCUT2D eigenvalue weighted by atomic mass is 32.1. The lowest BCUT2D eigenvalue weighted by Gasteiger charge is -2.07. The van der Waals surface area contributed by atoms with E-state index in [1.54, 1.807) is 0 Å². The number of carbonyl (C=O) groups excluding carboxylic acids is 1. The van der Waals surface area contributed by atoms with Gasteiger partial charge in [0.2, 0.25) is 0 Å². The van der Waals surface area contributed by atoms with Gasteiger partial charge in [-0.15, -0.1) is 0 Å². The van der Waals surface area contributed by atoms with Crippen LogP contribution >= 0.6 is 11.3 Å². The second kappa shape index (κ2) is 8.24. The predicted octanol–water partition coefficient (Wildman–Crippen LogP) is 3.55. The molecular weight excluding hydrogens is 388 g/mol. The number of thiazole rings is 1. The van der Waals surface area contributed by atoms with Crippen LogP contribution in [-0.4, -0.2) is 27.3 Å². The van der Waals surface area contributed by atoms with Gasteiger partial charge in [-0.2, -0.15) is 5.10 Å². The lowest BCUT2D eigenvalue weighted by Crippen LogP contribution is -2.26. The van der Waals surface area contributed by atoms with Crippen LogP contribution in [0, 0.1) is 0 Å². The smallest absolute Gasteiger partial charge is 0.277 e. The largest absolute Gasteiger partial charge is 0.494 e. The predicted molar refractivity (Wildman–Crippen MR) is 113 cm³/mol. The summed E-state index contributed by atoms with van der Waals surface area (Å²) in [6.07, 6.45) is 0. The van der Waals surface area contributed by atoms with E-state index in [1.165, 1.54) is 28.2 Å². The second-order valence-corrected chi connectivity index (χ2v) is 7.27. The van der Waals surface area contributed by atoms with Gasteiger partial charge < -0.3 is 4.74 Å². The lowest BCUT2D eigenvalue weighted by atomic mass is 10.2. The molecule has 1 N–H and O–H groups in total. The molecule has 2 aromatic heterocycles. The SMILES string of the molecule is CCOc1ccc2nc(NC(=O)c3ccc(=O)n(Cc4ccccc4)n3)sc2c1. The van der Waals surface area contributed by atoms with Crippen LogP contribution in [0.1, 0.15) is 23.0 Å². The first-order valence-corrected chi connectivity index (χ1v) is 9.91. The van der Waals surface area contributed by atoms with E-state index in [4.69, 9.17) is 4.74 Å². The minimum Gasteiger partial charge on any atom is -0.494 e. The molecule has 146 valence electrons. The summed E-state index contributed by atoms with van der Waals surface area (Å²) in [6.45, 7) is 2.80. The summed E-state index contributed by atoms with van der Waals surface area (Å²) in [6, 6.07) is 17.8. The number of ether oxygens (including phenoxy) is 1. The van der Waals surface area contributed by atoms with Gasteiger partial charge in [0.05, 0.1) is 23.4 Å². The fourth-order valence-electron chi connectivity index (χ4n) is 2.82. The standard InChI is InChI=1S/C21H18N4O3S/c1-2-28-15-8-9-16-18(12-15)29-21(22-16)23-20(27)17-10-11-19(26)25(24-17)13-14-6-4-3-5-7-14/h3-12H,2,13H2,1H3,(H,22,23,27). The maximum atomic E-state index is 12.6. The fourth-order valence-corrected chi connectivity index (χ4v) is 3.71. The third kappa shape index (κ3) is 4.33. The van der Waals surface area contributed by atoms with Gasteiger partial charge >= 0.3 is 0 Å². The van der Waals surface area contributed by atoms with Crippen molar-refractivity contribution in [2.24, 2.45) is 0 Å². The molecule has 0 unspecified atom stereocenters. The zero-order chi connectivity index (χ0) is 20.2. The van der Waals surface area contributed by atoms with E-state index in [9.17, 15) is 9.59 Å². The Kier molecular flexibility index (Phi) is 5.35. The Bertz CT molecular complexity index is 1220. The van der Waals surface area contributed by atoms with Crippen LogP contribution in [-0.2, 0) is 6.54 Å². The number of fused-ring (bicyclic) bond motifs is 1. The summed E-state index contributed by atoms with van der Waals surface area (Å²) < 4.78 is 7.68. The summed E-state index contributed by atoms with van der Waals surface area (Å²) in [5.74, 6) is 0.340. The number of nitrogens with one attached hydrogen (secondary N) is 1. The molecule has 0 aliphatic rings. The van der Waals surface area contributed by atoms with E-state index < -0.39 is 5.91 Å². The molecule has 4 rings (SSSR count). The minimum absolute atomic E-state index is 0.148. The van der Waals surface area contributed by atoms with Crippen molar-refractivity contribution >= 4 is 32.6 Å². The molecule has 8 heteroatoms. The molecule has 0 spiro atoms. The Morgan fingerprint density at radius 3 is 2.76 bits per heavy atom. The van der Waals surface area contributed by atoms with E-state index in [2.05, 4.69) is 15.4 Å². The number of aromatic nitrogens is 3. The molecule has 7 nitrogen and oxygen atoms in total. The van der Waals surface area contributed by atoms with Crippen LogP contribution in [0.4, 0.5) is 5.13 Å². The molecule has 1 amide bonds. The molecule has 0 saturated heterocycles. The van der Waals surface area contributed by atoms with Gasteiger partial charge in [-0.05, 0) is 36.8 Å². The molecule has 0 fully saturated rings. The summed E-state index contributed by atoms with van der Waals surface area (Å²) in [4.78, 5) is 29.2. The normalized spacial score (nSPS) is 10.8. The van der Waals surface area contributed by atoms with Crippen LogP contribution in [0.25, 0.3) is 10.2 Å². The van der Waals surface area contributed by atoms with E-state index >= 15 is 0 Å². The second-order valence-electron chi connectivity index (χ2n) is 6.24. The number of hydrogen-bond donors (Lipinski definition) is 1. The van der Waals surface area contributed by atoms with Gasteiger partial charge in [0.1, 0.15) is 11.4 Å². The highest BCUT2D eigenvalue weighted by Crippen LogP contribution is 2.29. The van der Waals surface area contributed by atoms with Crippen molar-refractivity contribution in [3.8, 4) is 5.75 Å². The topological polar surface area (TPSA) is 86.1 Å². The van der Waals surface area contributed by atoms with Crippen molar-refractivity contribution in [3.63, 3.8) is 0 Å². The van der Waals surface area contributed by atoms with Gasteiger partial charge in [-0.3, -0.25) is 14.9 Å². The number of hydrogen-bond acceptors (Lipinski definition) is 6. The summed E-state index contributed by atoms with van der Waals surface area (Å²) in [5.41, 5.74) is 1.58. The number of benzene rings is 2. The van der Waals surface area contributed by atoms with Crippen LogP contribution in [0.3, 0.4) is 0 Å². The number of amides is 1. The van der Waals surface area contributed by atoms with Crippen LogP contribution in [0.2, 0.25) is 0 Å². The van der Waals surface area contributed by atoms with Gasteiger partial charge in [0.25, 0.3) is 11.5 Å². The maximum absolute atomic E-state index is 12.6. The van der Waals surface area contributed by atoms with Gasteiger partial charge in [-0.25, -0.2) is 9.67 Å². The zero-order valence-electron chi connectivity index (χ0n) is 15.7. The average molecular weight is 406 g/mol. The molecule has 2 aromatic carbocycles. The zero-order valence-corrected chi connectivity index (χ0v) is 16.5. The molecule has 2 heterocycles. The van der Waals surface area contributed by atoms with Gasteiger partial charge in [0.15, 0.2) is 5.13 Å². The number of anilines is 1. The average Bonchev–Trinajstić information content (AvgIpc) is 3.12. The lowest BCUT2D eigenvalue weighted by molar-refractivity contribution is 0.102. The van der Waals surface area contributed by atoms with Crippen LogP contribution in [0.15, 0.2) is 65.5 Å². The molecule has 0 aliphatic carbocycles. The van der Waals surface area contributed by atoms with Gasteiger partial charge in [-0.1, -0.05) is 41.7 Å². The summed E-state index contributed by atoms with van der Waals surface area (Å²) >= 11 is 1.35. The molecule has 0 saturated carbocycles. The maximum Gasteiger partial charge on any atom is 0.277 e. The molecule has 0 atom stereocenters. The van der Waals surface area contributed by atoms with Crippen molar-refractivity contribution in [3.05, 3.63) is 82.3 Å². The Labute approximate surface area is 170 Å². The molecule has 0 radical (unpaired) electrons.